The number of likely N-dealkylation sites (N-methyl/N-ethyl adjacent to an activating group) is 1. The zero-order valence-corrected chi connectivity index (χ0v) is 14.1. The number of carbonyl (C=O) groups is 1. The van der Waals surface area contributed by atoms with Crippen molar-refractivity contribution in [2.24, 2.45) is 5.92 Å². The van der Waals surface area contributed by atoms with Gasteiger partial charge in [0.05, 0.1) is 12.2 Å². The van der Waals surface area contributed by atoms with Crippen molar-refractivity contribution in [3.63, 3.8) is 0 Å². The lowest BCUT2D eigenvalue weighted by atomic mass is 10.0. The van der Waals surface area contributed by atoms with E-state index < -0.39 is 5.97 Å². The number of ether oxygens (including phenoxy) is 2. The molecule has 1 rings (SSSR count). The number of aromatic hydroxyl groups is 1. The fraction of sp³-hybridized carbons (Fsp3) is 0.588. The molecule has 0 bridgehead atoms. The summed E-state index contributed by atoms with van der Waals surface area (Å²) >= 11 is 0. The number of nitrogens with zero attached hydrogens (tertiary/aromatic N) is 1. The zero-order chi connectivity index (χ0) is 16.7. The molecule has 0 aromatic heterocycles. The van der Waals surface area contributed by atoms with Crippen LogP contribution in [0.25, 0.3) is 0 Å². The monoisotopic (exact) mass is 309 g/mol. The highest BCUT2D eigenvalue weighted by atomic mass is 16.5. The predicted octanol–water partition coefficient (Wildman–Crippen LogP) is 2.92. The largest absolute Gasteiger partial charge is 0.504 e. The van der Waals surface area contributed by atoms with E-state index in [9.17, 15) is 9.90 Å². The summed E-state index contributed by atoms with van der Waals surface area (Å²) in [5, 5.41) is 9.65. The third kappa shape index (κ3) is 5.56. The van der Waals surface area contributed by atoms with Gasteiger partial charge in [0.15, 0.2) is 11.5 Å². The molecule has 0 heterocycles. The van der Waals surface area contributed by atoms with Crippen molar-refractivity contribution in [1.29, 1.82) is 0 Å². The molecular weight excluding hydrogens is 282 g/mol. The van der Waals surface area contributed by atoms with Crippen LogP contribution in [0.15, 0.2) is 18.2 Å². The minimum absolute atomic E-state index is 0.0179. The first-order valence-electron chi connectivity index (χ1n) is 7.64. The lowest BCUT2D eigenvalue weighted by Gasteiger charge is -2.25. The van der Waals surface area contributed by atoms with Crippen LogP contribution in [-0.2, 0) is 4.74 Å². The van der Waals surface area contributed by atoms with E-state index in [2.05, 4.69) is 18.7 Å². The van der Waals surface area contributed by atoms with Crippen molar-refractivity contribution in [1.82, 2.24) is 4.90 Å². The number of hydrogen-bond acceptors (Lipinski definition) is 5. The minimum atomic E-state index is -0.406. The van der Waals surface area contributed by atoms with E-state index in [1.54, 1.807) is 0 Å². The molecule has 0 aliphatic rings. The first-order valence-corrected chi connectivity index (χ1v) is 7.64. The standard InChI is InChI=1S/C17H27NO4/c1-6-21-16-10-13(7-8-15(16)19)17(20)22-11-14(18(4)5)9-12(2)3/h7-8,10,12,14,19H,6,9,11H2,1-5H3/t14-/m0/s1. The molecule has 0 radical (unpaired) electrons. The van der Waals surface area contributed by atoms with Gasteiger partial charge in [0.1, 0.15) is 6.61 Å². The molecule has 5 heteroatoms. The van der Waals surface area contributed by atoms with Gasteiger partial charge in [0, 0.05) is 6.04 Å². The number of phenolic OH excluding ortho intramolecular Hbond substituents is 1. The van der Waals surface area contributed by atoms with Crippen LogP contribution in [-0.4, -0.2) is 49.3 Å². The summed E-state index contributed by atoms with van der Waals surface area (Å²) in [6, 6.07) is 4.67. The molecule has 0 aliphatic carbocycles. The Kier molecular flexibility index (Phi) is 7.18. The summed E-state index contributed by atoms with van der Waals surface area (Å²) in [5.74, 6) is 0.438. The lowest BCUT2D eigenvalue weighted by molar-refractivity contribution is 0.0378. The van der Waals surface area contributed by atoms with E-state index in [0.717, 1.165) is 6.42 Å². The van der Waals surface area contributed by atoms with Crippen LogP contribution in [0.3, 0.4) is 0 Å². The number of benzene rings is 1. The molecular formula is C17H27NO4. The number of rotatable bonds is 8. The molecule has 1 aromatic carbocycles. The van der Waals surface area contributed by atoms with Crippen molar-refractivity contribution in [2.45, 2.75) is 33.2 Å². The van der Waals surface area contributed by atoms with Crippen LogP contribution in [0.1, 0.15) is 37.6 Å². The topological polar surface area (TPSA) is 59.0 Å². The van der Waals surface area contributed by atoms with Gasteiger partial charge < -0.3 is 19.5 Å². The molecule has 22 heavy (non-hydrogen) atoms. The van der Waals surface area contributed by atoms with Gasteiger partial charge in [-0.1, -0.05) is 13.8 Å². The van der Waals surface area contributed by atoms with Crippen molar-refractivity contribution in [3.8, 4) is 11.5 Å². The lowest BCUT2D eigenvalue weighted by Crippen LogP contribution is -2.34. The Morgan fingerprint density at radius 3 is 2.55 bits per heavy atom. The number of phenols is 1. The molecule has 0 saturated carbocycles. The molecule has 0 spiro atoms. The van der Waals surface area contributed by atoms with Gasteiger partial charge >= 0.3 is 5.97 Å². The van der Waals surface area contributed by atoms with Gasteiger partial charge in [-0.25, -0.2) is 4.79 Å². The van der Waals surface area contributed by atoms with E-state index in [1.807, 2.05) is 21.0 Å². The summed E-state index contributed by atoms with van der Waals surface area (Å²) in [6.07, 6.45) is 0.958. The van der Waals surface area contributed by atoms with E-state index >= 15 is 0 Å². The Labute approximate surface area is 132 Å². The molecule has 124 valence electrons. The molecule has 0 unspecified atom stereocenters. The van der Waals surface area contributed by atoms with Crippen LogP contribution in [0.5, 0.6) is 11.5 Å². The Balaban J connectivity index is 2.70. The van der Waals surface area contributed by atoms with E-state index in [1.165, 1.54) is 18.2 Å². The highest BCUT2D eigenvalue weighted by Crippen LogP contribution is 2.27. The quantitative estimate of drug-likeness (QED) is 0.748. The van der Waals surface area contributed by atoms with Crippen molar-refractivity contribution in [2.75, 3.05) is 27.3 Å². The highest BCUT2D eigenvalue weighted by molar-refractivity contribution is 5.90. The van der Waals surface area contributed by atoms with Gasteiger partial charge in [-0.05, 0) is 51.6 Å². The second-order valence-electron chi connectivity index (χ2n) is 5.96. The molecule has 1 atom stereocenters. The van der Waals surface area contributed by atoms with Crippen molar-refractivity contribution in [3.05, 3.63) is 23.8 Å². The van der Waals surface area contributed by atoms with Gasteiger partial charge in [-0.2, -0.15) is 0 Å². The van der Waals surface area contributed by atoms with Gasteiger partial charge in [0.25, 0.3) is 0 Å². The Bertz CT molecular complexity index is 486. The summed E-state index contributed by atoms with van der Waals surface area (Å²) in [4.78, 5) is 14.2. The summed E-state index contributed by atoms with van der Waals surface area (Å²) in [5.41, 5.74) is 0.378. The van der Waals surface area contributed by atoms with Gasteiger partial charge in [-0.3, -0.25) is 0 Å². The molecule has 1 N–H and O–H groups in total. The fourth-order valence-electron chi connectivity index (χ4n) is 2.14. The second kappa shape index (κ2) is 8.63. The van der Waals surface area contributed by atoms with E-state index in [-0.39, 0.29) is 11.8 Å². The number of hydrogen-bond donors (Lipinski definition) is 1. The smallest absolute Gasteiger partial charge is 0.338 e. The normalized spacial score (nSPS) is 12.5. The zero-order valence-electron chi connectivity index (χ0n) is 14.1. The van der Waals surface area contributed by atoms with E-state index in [0.29, 0.717) is 30.4 Å². The average Bonchev–Trinajstić information content (AvgIpc) is 2.45. The van der Waals surface area contributed by atoms with Crippen molar-refractivity contribution < 1.29 is 19.4 Å². The maximum absolute atomic E-state index is 12.1. The predicted molar refractivity (Wildman–Crippen MR) is 86.5 cm³/mol. The maximum Gasteiger partial charge on any atom is 0.338 e. The molecule has 0 aliphatic heterocycles. The summed E-state index contributed by atoms with van der Waals surface area (Å²) in [6.45, 7) is 6.87. The van der Waals surface area contributed by atoms with E-state index in [4.69, 9.17) is 9.47 Å². The van der Waals surface area contributed by atoms with Crippen LogP contribution in [0, 0.1) is 5.92 Å². The Hall–Kier alpha value is -1.75. The molecule has 0 fully saturated rings. The minimum Gasteiger partial charge on any atom is -0.504 e. The third-order valence-corrected chi connectivity index (χ3v) is 3.38. The Morgan fingerprint density at radius 2 is 2.00 bits per heavy atom. The SMILES string of the molecule is CCOc1cc(C(=O)OC[C@H](CC(C)C)N(C)C)ccc1O. The van der Waals surface area contributed by atoms with Crippen molar-refractivity contribution >= 4 is 5.97 Å². The summed E-state index contributed by atoms with van der Waals surface area (Å²) in [7, 11) is 3.96. The summed E-state index contributed by atoms with van der Waals surface area (Å²) < 4.78 is 10.7. The second-order valence-corrected chi connectivity index (χ2v) is 5.96. The first-order chi connectivity index (χ1) is 10.3. The highest BCUT2D eigenvalue weighted by Gasteiger charge is 2.17. The number of esters is 1. The molecule has 0 amide bonds. The molecule has 5 nitrogen and oxygen atoms in total. The number of carbonyl (C=O) groups excluding carboxylic acids is 1. The maximum atomic E-state index is 12.1. The van der Waals surface area contributed by atoms with Gasteiger partial charge in [-0.15, -0.1) is 0 Å². The van der Waals surface area contributed by atoms with Gasteiger partial charge in [0.2, 0.25) is 0 Å². The molecule has 1 aromatic rings. The molecule has 0 saturated heterocycles. The third-order valence-electron chi connectivity index (χ3n) is 3.38. The van der Waals surface area contributed by atoms with Crippen LogP contribution < -0.4 is 4.74 Å². The van der Waals surface area contributed by atoms with Crippen LogP contribution in [0.2, 0.25) is 0 Å². The fourth-order valence-corrected chi connectivity index (χ4v) is 2.14. The van der Waals surface area contributed by atoms with Crippen LogP contribution in [0.4, 0.5) is 0 Å². The first kappa shape index (κ1) is 18.3. The Morgan fingerprint density at radius 1 is 1.32 bits per heavy atom. The van der Waals surface area contributed by atoms with Crippen LogP contribution >= 0.6 is 0 Å². The average molecular weight is 309 g/mol.